The lowest BCUT2D eigenvalue weighted by Crippen LogP contribution is -2.52. The molecule has 0 aliphatic carbocycles. The molecule has 1 unspecified atom stereocenters. The van der Waals surface area contributed by atoms with Crippen molar-refractivity contribution in [3.63, 3.8) is 0 Å². The molecule has 114 valence electrons. The van der Waals surface area contributed by atoms with Crippen LogP contribution in [-0.2, 0) is 11.2 Å². The predicted octanol–water partition coefficient (Wildman–Crippen LogP) is 1.58. The first-order valence-corrected chi connectivity index (χ1v) is 7.15. The topological polar surface area (TPSA) is 94.0 Å². The van der Waals surface area contributed by atoms with E-state index >= 15 is 0 Å². The minimum absolute atomic E-state index is 0.0230. The van der Waals surface area contributed by atoms with Crippen molar-refractivity contribution in [3.05, 3.63) is 11.7 Å². The number of hydrogen-bond acceptors (Lipinski definition) is 5. The fraction of sp³-hybridized carbons (Fsp3) is 0.786. The Morgan fingerprint density at radius 3 is 2.70 bits per heavy atom. The Balaban J connectivity index is 2.35. The summed E-state index contributed by atoms with van der Waals surface area (Å²) in [5.74, 6) is 1.72. The van der Waals surface area contributed by atoms with Gasteiger partial charge in [0.1, 0.15) is 0 Å². The summed E-state index contributed by atoms with van der Waals surface area (Å²) in [6.45, 7) is 8.46. The number of hydrogen-bond donors (Lipinski definition) is 2. The van der Waals surface area contributed by atoms with E-state index in [2.05, 4.69) is 29.3 Å². The van der Waals surface area contributed by atoms with Gasteiger partial charge in [0.15, 0.2) is 5.82 Å². The Hall–Kier alpha value is -1.43. The van der Waals surface area contributed by atoms with E-state index in [4.69, 9.17) is 10.3 Å². The Morgan fingerprint density at radius 1 is 1.50 bits per heavy atom. The number of aromatic nitrogens is 2. The van der Waals surface area contributed by atoms with Crippen LogP contribution in [0.4, 0.5) is 0 Å². The molecule has 0 fully saturated rings. The van der Waals surface area contributed by atoms with Crippen LogP contribution in [0.3, 0.4) is 0 Å². The zero-order valence-electron chi connectivity index (χ0n) is 12.9. The lowest BCUT2D eigenvalue weighted by atomic mass is 9.90. The van der Waals surface area contributed by atoms with Gasteiger partial charge in [-0.15, -0.1) is 0 Å². The summed E-state index contributed by atoms with van der Waals surface area (Å²) in [6, 6.07) is 0. The molecule has 0 aliphatic heterocycles. The van der Waals surface area contributed by atoms with E-state index in [0.717, 1.165) is 6.42 Å². The van der Waals surface area contributed by atoms with Crippen LogP contribution >= 0.6 is 0 Å². The van der Waals surface area contributed by atoms with Gasteiger partial charge in [0.2, 0.25) is 11.8 Å². The quantitative estimate of drug-likeness (QED) is 0.755. The van der Waals surface area contributed by atoms with Crippen molar-refractivity contribution in [2.45, 2.75) is 58.9 Å². The Kier molecular flexibility index (Phi) is 6.13. The van der Waals surface area contributed by atoms with Crippen molar-refractivity contribution >= 4 is 5.91 Å². The normalized spacial score (nSPS) is 14.3. The van der Waals surface area contributed by atoms with Gasteiger partial charge in [-0.25, -0.2) is 0 Å². The van der Waals surface area contributed by atoms with Crippen molar-refractivity contribution in [1.29, 1.82) is 0 Å². The van der Waals surface area contributed by atoms with Gasteiger partial charge in [0, 0.05) is 24.9 Å². The summed E-state index contributed by atoms with van der Waals surface area (Å²) in [5.41, 5.74) is 5.45. The number of carbonyl (C=O) groups is 1. The molecule has 20 heavy (non-hydrogen) atoms. The SMILES string of the molecule is Cc1noc(CCCC(=O)NC(C)(CN)CC(C)C)n1. The second kappa shape index (κ2) is 7.38. The van der Waals surface area contributed by atoms with Crippen molar-refractivity contribution in [2.24, 2.45) is 11.7 Å². The van der Waals surface area contributed by atoms with Gasteiger partial charge in [-0.05, 0) is 32.6 Å². The summed E-state index contributed by atoms with van der Waals surface area (Å²) < 4.78 is 5.01. The molecule has 1 heterocycles. The van der Waals surface area contributed by atoms with E-state index in [1.165, 1.54) is 0 Å². The van der Waals surface area contributed by atoms with Gasteiger partial charge >= 0.3 is 0 Å². The lowest BCUT2D eigenvalue weighted by molar-refractivity contribution is -0.123. The second-order valence-electron chi connectivity index (χ2n) is 6.00. The van der Waals surface area contributed by atoms with E-state index < -0.39 is 0 Å². The van der Waals surface area contributed by atoms with E-state index in [1.54, 1.807) is 6.92 Å². The van der Waals surface area contributed by atoms with Crippen LogP contribution in [0.15, 0.2) is 4.52 Å². The number of nitrogens with zero attached hydrogens (tertiary/aromatic N) is 2. The van der Waals surface area contributed by atoms with Gasteiger partial charge in [-0.2, -0.15) is 4.98 Å². The van der Waals surface area contributed by atoms with Crippen LogP contribution in [0.1, 0.15) is 51.7 Å². The Labute approximate surface area is 120 Å². The van der Waals surface area contributed by atoms with Gasteiger partial charge in [0.25, 0.3) is 0 Å². The monoisotopic (exact) mass is 282 g/mol. The van der Waals surface area contributed by atoms with Crippen LogP contribution in [-0.4, -0.2) is 28.1 Å². The minimum atomic E-state index is -0.327. The van der Waals surface area contributed by atoms with Crippen LogP contribution in [0, 0.1) is 12.8 Å². The molecular weight excluding hydrogens is 256 g/mol. The molecule has 1 rings (SSSR count). The number of carbonyl (C=O) groups excluding carboxylic acids is 1. The smallest absolute Gasteiger partial charge is 0.226 e. The van der Waals surface area contributed by atoms with Crippen molar-refractivity contribution in [3.8, 4) is 0 Å². The first-order valence-electron chi connectivity index (χ1n) is 7.15. The third-order valence-electron chi connectivity index (χ3n) is 3.11. The molecule has 0 spiro atoms. The summed E-state index contributed by atoms with van der Waals surface area (Å²) in [7, 11) is 0. The Bertz CT molecular complexity index is 431. The summed E-state index contributed by atoms with van der Waals surface area (Å²) >= 11 is 0. The van der Waals surface area contributed by atoms with Gasteiger partial charge in [0.05, 0.1) is 0 Å². The first-order chi connectivity index (χ1) is 9.34. The average molecular weight is 282 g/mol. The van der Waals surface area contributed by atoms with Crippen molar-refractivity contribution in [1.82, 2.24) is 15.5 Å². The first kappa shape index (κ1) is 16.6. The van der Waals surface area contributed by atoms with E-state index in [1.807, 2.05) is 6.92 Å². The number of rotatable bonds is 8. The average Bonchev–Trinajstić information content (AvgIpc) is 2.74. The van der Waals surface area contributed by atoms with Gasteiger partial charge in [-0.3, -0.25) is 4.79 Å². The van der Waals surface area contributed by atoms with Gasteiger partial charge in [-0.1, -0.05) is 19.0 Å². The molecule has 0 aliphatic rings. The highest BCUT2D eigenvalue weighted by Gasteiger charge is 2.25. The number of aryl methyl sites for hydroxylation is 2. The maximum atomic E-state index is 12.0. The zero-order chi connectivity index (χ0) is 15.2. The minimum Gasteiger partial charge on any atom is -0.350 e. The van der Waals surface area contributed by atoms with Crippen LogP contribution in [0.2, 0.25) is 0 Å². The molecule has 0 saturated heterocycles. The molecule has 1 aromatic heterocycles. The van der Waals surface area contributed by atoms with Crippen molar-refractivity contribution in [2.75, 3.05) is 6.54 Å². The molecule has 6 heteroatoms. The largest absolute Gasteiger partial charge is 0.350 e. The molecule has 1 aromatic rings. The molecule has 0 radical (unpaired) electrons. The predicted molar refractivity (Wildman–Crippen MR) is 77.0 cm³/mol. The summed E-state index contributed by atoms with van der Waals surface area (Å²) in [6.07, 6.45) is 2.63. The standard InChI is InChI=1S/C14H26N4O2/c1-10(2)8-14(4,9-15)17-12(19)6-5-7-13-16-11(3)18-20-13/h10H,5-9,15H2,1-4H3,(H,17,19). The fourth-order valence-electron chi connectivity index (χ4n) is 2.33. The molecule has 0 aromatic carbocycles. The van der Waals surface area contributed by atoms with Crippen LogP contribution in [0.25, 0.3) is 0 Å². The third kappa shape index (κ3) is 5.69. The highest BCUT2D eigenvalue weighted by Crippen LogP contribution is 2.15. The summed E-state index contributed by atoms with van der Waals surface area (Å²) in [4.78, 5) is 16.1. The zero-order valence-corrected chi connectivity index (χ0v) is 12.9. The van der Waals surface area contributed by atoms with Gasteiger partial charge < -0.3 is 15.6 Å². The molecule has 1 amide bonds. The van der Waals surface area contributed by atoms with Crippen molar-refractivity contribution < 1.29 is 9.32 Å². The molecule has 3 N–H and O–H groups in total. The second-order valence-corrected chi connectivity index (χ2v) is 6.00. The molecule has 0 saturated carbocycles. The van der Waals surface area contributed by atoms with E-state index in [0.29, 0.717) is 43.4 Å². The fourth-order valence-corrected chi connectivity index (χ4v) is 2.33. The molecule has 6 nitrogen and oxygen atoms in total. The maximum Gasteiger partial charge on any atom is 0.226 e. The highest BCUT2D eigenvalue weighted by molar-refractivity contribution is 5.76. The molecule has 0 bridgehead atoms. The number of nitrogens with one attached hydrogen (secondary N) is 1. The number of nitrogens with two attached hydrogens (primary N) is 1. The van der Waals surface area contributed by atoms with E-state index in [-0.39, 0.29) is 11.4 Å². The molecule has 1 atom stereocenters. The Morgan fingerprint density at radius 2 is 2.20 bits per heavy atom. The highest BCUT2D eigenvalue weighted by atomic mass is 16.5. The maximum absolute atomic E-state index is 12.0. The van der Waals surface area contributed by atoms with E-state index in [9.17, 15) is 4.79 Å². The molecular formula is C14H26N4O2. The summed E-state index contributed by atoms with van der Waals surface area (Å²) in [5, 5.41) is 6.75. The van der Waals surface area contributed by atoms with Crippen LogP contribution in [0.5, 0.6) is 0 Å². The number of amides is 1. The lowest BCUT2D eigenvalue weighted by Gasteiger charge is -2.31. The third-order valence-corrected chi connectivity index (χ3v) is 3.11. The van der Waals surface area contributed by atoms with Crippen LogP contribution < -0.4 is 11.1 Å².